The Morgan fingerprint density at radius 2 is 2.33 bits per heavy atom. The predicted molar refractivity (Wildman–Crippen MR) is 57.4 cm³/mol. The highest BCUT2D eigenvalue weighted by Gasteiger charge is 2.06. The topological polar surface area (TPSA) is 59.8 Å². The second-order valence-corrected chi connectivity index (χ2v) is 3.72. The van der Waals surface area contributed by atoms with Gasteiger partial charge in [0.25, 0.3) is 0 Å². The summed E-state index contributed by atoms with van der Waals surface area (Å²) in [4.78, 5) is 11.0. The van der Waals surface area contributed by atoms with Gasteiger partial charge in [0.05, 0.1) is 11.9 Å². The molecular formula is C10H18N4O. The van der Waals surface area contributed by atoms with Crippen LogP contribution in [0.1, 0.15) is 38.9 Å². The van der Waals surface area contributed by atoms with E-state index in [1.807, 2.05) is 11.6 Å². The zero-order chi connectivity index (χ0) is 11.3. The maximum absolute atomic E-state index is 11.0. The first kappa shape index (κ1) is 11.7. The van der Waals surface area contributed by atoms with Crippen LogP contribution in [0.5, 0.6) is 0 Å². The first-order valence-corrected chi connectivity index (χ1v) is 5.31. The van der Waals surface area contributed by atoms with Crippen LogP contribution in [0.25, 0.3) is 0 Å². The summed E-state index contributed by atoms with van der Waals surface area (Å²) in [6.45, 7) is 6.60. The van der Waals surface area contributed by atoms with Crippen molar-refractivity contribution in [1.82, 2.24) is 20.3 Å². The smallest absolute Gasteiger partial charge is 0.219 e. The number of hydrogen-bond acceptors (Lipinski definition) is 3. The van der Waals surface area contributed by atoms with Gasteiger partial charge in [-0.25, -0.2) is 4.68 Å². The third kappa shape index (κ3) is 3.34. The van der Waals surface area contributed by atoms with Crippen LogP contribution < -0.4 is 5.32 Å². The highest BCUT2D eigenvalue weighted by Crippen LogP contribution is 2.06. The van der Waals surface area contributed by atoms with Crippen molar-refractivity contribution >= 4 is 5.91 Å². The zero-order valence-electron chi connectivity index (χ0n) is 9.53. The van der Waals surface area contributed by atoms with Gasteiger partial charge in [0.1, 0.15) is 0 Å². The van der Waals surface area contributed by atoms with E-state index in [0.717, 1.165) is 12.1 Å². The Morgan fingerprint density at radius 1 is 1.60 bits per heavy atom. The molecule has 84 valence electrons. The summed E-state index contributed by atoms with van der Waals surface area (Å²) >= 11 is 0. The van der Waals surface area contributed by atoms with E-state index in [-0.39, 0.29) is 5.91 Å². The molecule has 1 heterocycles. The predicted octanol–water partition coefficient (Wildman–Crippen LogP) is 0.928. The molecule has 0 aliphatic rings. The van der Waals surface area contributed by atoms with E-state index in [1.165, 1.54) is 0 Å². The lowest BCUT2D eigenvalue weighted by Gasteiger charge is -2.09. The van der Waals surface area contributed by atoms with Crippen LogP contribution >= 0.6 is 0 Å². The first-order chi connectivity index (χ1) is 7.15. The van der Waals surface area contributed by atoms with E-state index in [1.54, 1.807) is 6.20 Å². The first-order valence-electron chi connectivity index (χ1n) is 5.31. The molecule has 1 aromatic heterocycles. The van der Waals surface area contributed by atoms with Gasteiger partial charge in [0.2, 0.25) is 5.91 Å². The van der Waals surface area contributed by atoms with Crippen molar-refractivity contribution in [2.24, 2.45) is 0 Å². The molecule has 1 aromatic rings. The number of aromatic nitrogens is 3. The molecule has 0 spiro atoms. The second kappa shape index (κ2) is 5.48. The van der Waals surface area contributed by atoms with E-state index >= 15 is 0 Å². The van der Waals surface area contributed by atoms with Crippen molar-refractivity contribution in [3.8, 4) is 0 Å². The lowest BCUT2D eigenvalue weighted by Crippen LogP contribution is -2.25. The van der Waals surface area contributed by atoms with Crippen molar-refractivity contribution in [3.63, 3.8) is 0 Å². The van der Waals surface area contributed by atoms with Crippen molar-refractivity contribution < 1.29 is 4.79 Å². The molecule has 0 radical (unpaired) electrons. The van der Waals surface area contributed by atoms with Crippen LogP contribution in [0.15, 0.2) is 6.20 Å². The molecule has 5 nitrogen and oxygen atoms in total. The number of amides is 1. The summed E-state index contributed by atoms with van der Waals surface area (Å²) in [5, 5.41) is 10.7. The van der Waals surface area contributed by atoms with E-state index < -0.39 is 0 Å². The van der Waals surface area contributed by atoms with Gasteiger partial charge in [-0.1, -0.05) is 12.1 Å². The lowest BCUT2D eigenvalue weighted by atomic mass is 10.3. The molecule has 0 saturated carbocycles. The van der Waals surface area contributed by atoms with Gasteiger partial charge in [-0.05, 0) is 13.8 Å². The van der Waals surface area contributed by atoms with E-state index in [9.17, 15) is 4.79 Å². The molecule has 0 fully saturated rings. The van der Waals surface area contributed by atoms with Crippen LogP contribution in [0.3, 0.4) is 0 Å². The van der Waals surface area contributed by atoms with Crippen LogP contribution in [-0.4, -0.2) is 27.4 Å². The molecule has 0 aliphatic heterocycles. The minimum Gasteiger partial charge on any atom is -0.356 e. The molecule has 5 heteroatoms. The minimum absolute atomic E-state index is 0.0820. The Bertz CT molecular complexity index is 319. The molecule has 0 aliphatic carbocycles. The number of nitrogens with zero attached hydrogens (tertiary/aromatic N) is 3. The van der Waals surface area contributed by atoms with E-state index in [2.05, 4.69) is 29.5 Å². The van der Waals surface area contributed by atoms with E-state index in [0.29, 0.717) is 19.0 Å². The molecule has 0 unspecified atom stereocenters. The van der Waals surface area contributed by atoms with E-state index in [4.69, 9.17) is 0 Å². The summed E-state index contributed by atoms with van der Waals surface area (Å²) in [7, 11) is 0. The molecule has 0 bridgehead atoms. The van der Waals surface area contributed by atoms with Gasteiger partial charge in [-0.15, -0.1) is 5.10 Å². The fraction of sp³-hybridized carbons (Fsp3) is 0.700. The SMILES string of the molecule is CCC(=O)NCCc1cnnn1C(C)C. The van der Waals surface area contributed by atoms with Gasteiger partial charge in [0, 0.05) is 25.4 Å². The summed E-state index contributed by atoms with van der Waals surface area (Å²) in [5.41, 5.74) is 1.06. The van der Waals surface area contributed by atoms with Crippen molar-refractivity contribution in [1.29, 1.82) is 0 Å². The second-order valence-electron chi connectivity index (χ2n) is 3.72. The maximum Gasteiger partial charge on any atom is 0.219 e. The zero-order valence-corrected chi connectivity index (χ0v) is 9.53. The van der Waals surface area contributed by atoms with Crippen LogP contribution in [-0.2, 0) is 11.2 Å². The molecule has 0 aromatic carbocycles. The van der Waals surface area contributed by atoms with Gasteiger partial charge in [-0.3, -0.25) is 4.79 Å². The minimum atomic E-state index is 0.0820. The molecular weight excluding hydrogens is 192 g/mol. The fourth-order valence-corrected chi connectivity index (χ4v) is 1.33. The number of nitrogens with one attached hydrogen (secondary N) is 1. The summed E-state index contributed by atoms with van der Waals surface area (Å²) in [5.74, 6) is 0.0820. The number of carbonyl (C=O) groups excluding carboxylic acids is 1. The maximum atomic E-state index is 11.0. The Morgan fingerprint density at radius 3 is 2.93 bits per heavy atom. The fourth-order valence-electron chi connectivity index (χ4n) is 1.33. The highest BCUT2D eigenvalue weighted by atomic mass is 16.1. The van der Waals surface area contributed by atoms with Crippen LogP contribution in [0.4, 0.5) is 0 Å². The Balaban J connectivity index is 2.43. The van der Waals surface area contributed by atoms with Crippen LogP contribution in [0.2, 0.25) is 0 Å². The molecule has 1 rings (SSSR count). The highest BCUT2D eigenvalue weighted by molar-refractivity contribution is 5.75. The van der Waals surface area contributed by atoms with Crippen molar-refractivity contribution in [3.05, 3.63) is 11.9 Å². The number of rotatable bonds is 5. The van der Waals surface area contributed by atoms with Gasteiger partial charge in [0.15, 0.2) is 0 Å². The number of hydrogen-bond donors (Lipinski definition) is 1. The Kier molecular flexibility index (Phi) is 4.27. The van der Waals surface area contributed by atoms with Gasteiger partial charge < -0.3 is 5.32 Å². The molecule has 1 N–H and O–H groups in total. The lowest BCUT2D eigenvalue weighted by molar-refractivity contribution is -0.120. The molecule has 0 saturated heterocycles. The van der Waals surface area contributed by atoms with Crippen molar-refractivity contribution in [2.45, 2.75) is 39.7 Å². The summed E-state index contributed by atoms with van der Waals surface area (Å²) < 4.78 is 1.87. The molecule has 0 atom stereocenters. The average Bonchev–Trinajstić information content (AvgIpc) is 2.65. The van der Waals surface area contributed by atoms with Gasteiger partial charge >= 0.3 is 0 Å². The molecule has 1 amide bonds. The normalized spacial score (nSPS) is 10.7. The van der Waals surface area contributed by atoms with Crippen molar-refractivity contribution in [2.75, 3.05) is 6.54 Å². The summed E-state index contributed by atoms with van der Waals surface area (Å²) in [6, 6.07) is 0.310. The standard InChI is InChI=1S/C10H18N4O/c1-4-10(15)11-6-5-9-7-12-13-14(9)8(2)3/h7-8H,4-6H2,1-3H3,(H,11,15). The Hall–Kier alpha value is -1.39. The quantitative estimate of drug-likeness (QED) is 0.786. The van der Waals surface area contributed by atoms with Gasteiger partial charge in [-0.2, -0.15) is 0 Å². The monoisotopic (exact) mass is 210 g/mol. The van der Waals surface area contributed by atoms with Crippen LogP contribution in [0, 0.1) is 0 Å². The largest absolute Gasteiger partial charge is 0.356 e. The third-order valence-electron chi connectivity index (χ3n) is 2.16. The average molecular weight is 210 g/mol. The summed E-state index contributed by atoms with van der Waals surface area (Å²) in [6.07, 6.45) is 3.05. The number of carbonyl (C=O) groups is 1. The third-order valence-corrected chi connectivity index (χ3v) is 2.16. The Labute approximate surface area is 89.9 Å². The molecule has 15 heavy (non-hydrogen) atoms.